The zero-order valence-electron chi connectivity index (χ0n) is 5.69. The van der Waals surface area contributed by atoms with E-state index in [1.165, 1.54) is 17.4 Å². The van der Waals surface area contributed by atoms with Gasteiger partial charge in [-0.15, -0.1) is 11.3 Å². The predicted octanol–water partition coefficient (Wildman–Crippen LogP) is 1.53. The van der Waals surface area contributed by atoms with Crippen LogP contribution in [0.25, 0.3) is 5.57 Å². The lowest BCUT2D eigenvalue weighted by atomic mass is 10.2. The van der Waals surface area contributed by atoms with E-state index in [1.54, 1.807) is 6.07 Å². The molecule has 0 radical (unpaired) electrons. The average molecular weight is 166 g/mol. The van der Waals surface area contributed by atoms with Crippen LogP contribution in [0, 0.1) is 0 Å². The number of rotatable bonds is 3. The molecule has 11 heavy (non-hydrogen) atoms. The van der Waals surface area contributed by atoms with Gasteiger partial charge < -0.3 is 0 Å². The van der Waals surface area contributed by atoms with Gasteiger partial charge in [-0.1, -0.05) is 6.07 Å². The van der Waals surface area contributed by atoms with Gasteiger partial charge in [0.25, 0.3) is 0 Å². The third-order valence-corrected chi connectivity index (χ3v) is 2.10. The predicted molar refractivity (Wildman–Crippen MR) is 44.4 cm³/mol. The molecule has 0 saturated heterocycles. The summed E-state index contributed by atoms with van der Waals surface area (Å²) in [7, 11) is 0. The minimum absolute atomic E-state index is 0.440. The van der Waals surface area contributed by atoms with Crippen LogP contribution in [0.3, 0.4) is 0 Å². The molecule has 0 aliphatic rings. The lowest BCUT2D eigenvalue weighted by Gasteiger charge is -1.88. The van der Waals surface area contributed by atoms with Crippen molar-refractivity contribution in [3.63, 3.8) is 0 Å². The zero-order valence-corrected chi connectivity index (χ0v) is 6.51. The molecule has 0 spiro atoms. The van der Waals surface area contributed by atoms with Crippen molar-refractivity contribution in [1.29, 1.82) is 0 Å². The maximum absolute atomic E-state index is 10.4. The Hall–Kier alpha value is -1.22. The first-order chi connectivity index (χ1) is 5.38. The molecule has 56 valence electrons. The van der Waals surface area contributed by atoms with Gasteiger partial charge in [0.05, 0.1) is 0 Å². The van der Waals surface area contributed by atoms with Gasteiger partial charge in [-0.05, 0) is 17.5 Å². The SMILES string of the molecule is O=C/C=C(\C=O)c1cccs1. The summed E-state index contributed by atoms with van der Waals surface area (Å²) >= 11 is 1.44. The van der Waals surface area contributed by atoms with Gasteiger partial charge >= 0.3 is 0 Å². The summed E-state index contributed by atoms with van der Waals surface area (Å²) in [5, 5.41) is 1.86. The molecule has 1 aromatic rings. The molecule has 0 fully saturated rings. The third kappa shape index (κ3) is 1.85. The van der Waals surface area contributed by atoms with Crippen molar-refractivity contribution in [2.45, 2.75) is 0 Å². The maximum Gasteiger partial charge on any atom is 0.151 e. The van der Waals surface area contributed by atoms with Crippen LogP contribution in [-0.2, 0) is 9.59 Å². The Morgan fingerprint density at radius 1 is 1.45 bits per heavy atom. The minimum Gasteiger partial charge on any atom is -0.299 e. The Kier molecular flexibility index (Phi) is 2.74. The number of allylic oxidation sites excluding steroid dienone is 2. The van der Waals surface area contributed by atoms with Crippen molar-refractivity contribution < 1.29 is 9.59 Å². The van der Waals surface area contributed by atoms with Crippen LogP contribution in [0.1, 0.15) is 4.88 Å². The number of aldehydes is 2. The number of hydrogen-bond acceptors (Lipinski definition) is 3. The van der Waals surface area contributed by atoms with Crippen molar-refractivity contribution in [2.24, 2.45) is 0 Å². The number of thiophene rings is 1. The van der Waals surface area contributed by atoms with E-state index in [0.29, 0.717) is 18.1 Å². The third-order valence-electron chi connectivity index (χ3n) is 1.18. The molecule has 0 N–H and O–H groups in total. The molecule has 0 unspecified atom stereocenters. The first-order valence-electron chi connectivity index (χ1n) is 3.03. The molecule has 3 heteroatoms. The highest BCUT2D eigenvalue weighted by molar-refractivity contribution is 7.11. The Balaban J connectivity index is 2.97. The second-order valence-electron chi connectivity index (χ2n) is 1.85. The molecule has 0 aromatic carbocycles. The lowest BCUT2D eigenvalue weighted by Crippen LogP contribution is -1.80. The van der Waals surface area contributed by atoms with E-state index in [1.807, 2.05) is 11.4 Å². The molecule has 0 bridgehead atoms. The van der Waals surface area contributed by atoms with E-state index >= 15 is 0 Å². The van der Waals surface area contributed by atoms with Gasteiger partial charge in [-0.2, -0.15) is 0 Å². The molecule has 1 rings (SSSR count). The van der Waals surface area contributed by atoms with Crippen molar-refractivity contribution >= 4 is 29.5 Å². The maximum atomic E-state index is 10.4. The fourth-order valence-corrected chi connectivity index (χ4v) is 1.41. The van der Waals surface area contributed by atoms with Crippen molar-refractivity contribution in [3.05, 3.63) is 28.5 Å². The molecule has 1 heterocycles. The second-order valence-corrected chi connectivity index (χ2v) is 2.80. The first kappa shape index (κ1) is 7.88. The summed E-state index contributed by atoms with van der Waals surface area (Å²) in [6.45, 7) is 0. The summed E-state index contributed by atoms with van der Waals surface area (Å²) in [4.78, 5) is 21.2. The normalized spacial score (nSPS) is 11.1. The van der Waals surface area contributed by atoms with Crippen molar-refractivity contribution in [2.75, 3.05) is 0 Å². The minimum atomic E-state index is 0.440. The Bertz CT molecular complexity index is 272. The molecule has 0 aliphatic carbocycles. The van der Waals surface area contributed by atoms with Gasteiger partial charge in [0.2, 0.25) is 0 Å². The number of carbonyl (C=O) groups is 2. The van der Waals surface area contributed by atoms with Crippen LogP contribution >= 0.6 is 11.3 Å². The van der Waals surface area contributed by atoms with Crippen LogP contribution < -0.4 is 0 Å². The highest BCUT2D eigenvalue weighted by atomic mass is 32.1. The number of hydrogen-bond donors (Lipinski definition) is 0. The van der Waals surface area contributed by atoms with Crippen molar-refractivity contribution in [3.8, 4) is 0 Å². The Labute approximate surface area is 68.2 Å². The number of carbonyl (C=O) groups excluding carboxylic acids is 2. The molecule has 0 amide bonds. The molecular weight excluding hydrogens is 160 g/mol. The summed E-state index contributed by atoms with van der Waals surface area (Å²) in [5.74, 6) is 0. The smallest absolute Gasteiger partial charge is 0.151 e. The quantitative estimate of drug-likeness (QED) is 0.504. The fraction of sp³-hybridized carbons (Fsp3) is 0. The zero-order chi connectivity index (χ0) is 8.10. The molecule has 1 aromatic heterocycles. The van der Waals surface area contributed by atoms with Crippen LogP contribution in [0.5, 0.6) is 0 Å². The summed E-state index contributed by atoms with van der Waals surface area (Å²) in [6.07, 6.45) is 2.56. The Morgan fingerprint density at radius 3 is 2.73 bits per heavy atom. The van der Waals surface area contributed by atoms with E-state index in [9.17, 15) is 9.59 Å². The highest BCUT2D eigenvalue weighted by Crippen LogP contribution is 2.17. The van der Waals surface area contributed by atoms with Crippen LogP contribution in [0.2, 0.25) is 0 Å². The van der Waals surface area contributed by atoms with Crippen LogP contribution in [0.15, 0.2) is 23.6 Å². The van der Waals surface area contributed by atoms with E-state index in [-0.39, 0.29) is 0 Å². The lowest BCUT2D eigenvalue weighted by molar-refractivity contribution is -0.105. The summed E-state index contributed by atoms with van der Waals surface area (Å²) in [6, 6.07) is 3.64. The largest absolute Gasteiger partial charge is 0.299 e. The molecular formula is C8H6O2S. The van der Waals surface area contributed by atoms with Crippen LogP contribution in [-0.4, -0.2) is 12.6 Å². The van der Waals surface area contributed by atoms with Crippen molar-refractivity contribution in [1.82, 2.24) is 0 Å². The summed E-state index contributed by atoms with van der Waals surface area (Å²) in [5.41, 5.74) is 0.440. The van der Waals surface area contributed by atoms with Gasteiger partial charge in [-0.25, -0.2) is 0 Å². The van der Waals surface area contributed by atoms with Gasteiger partial charge in [0.15, 0.2) is 6.29 Å². The monoisotopic (exact) mass is 166 g/mol. The molecule has 0 aliphatic heterocycles. The standard InChI is InChI=1S/C8H6O2S/c9-4-3-7(6-10)8-2-1-5-11-8/h1-6H/b7-3+. The van der Waals surface area contributed by atoms with Gasteiger partial charge in [-0.3, -0.25) is 9.59 Å². The molecule has 0 atom stereocenters. The second kappa shape index (κ2) is 3.83. The molecule has 0 saturated carbocycles. The Morgan fingerprint density at radius 2 is 2.27 bits per heavy atom. The van der Waals surface area contributed by atoms with E-state index in [4.69, 9.17) is 0 Å². The molecule has 2 nitrogen and oxygen atoms in total. The van der Waals surface area contributed by atoms with Gasteiger partial charge in [0, 0.05) is 10.5 Å². The first-order valence-corrected chi connectivity index (χ1v) is 3.91. The highest BCUT2D eigenvalue weighted by Gasteiger charge is 1.98. The summed E-state index contributed by atoms with van der Waals surface area (Å²) < 4.78 is 0. The topological polar surface area (TPSA) is 34.1 Å². The van der Waals surface area contributed by atoms with Gasteiger partial charge in [0.1, 0.15) is 6.29 Å². The average Bonchev–Trinajstić information content (AvgIpc) is 2.52. The van der Waals surface area contributed by atoms with E-state index in [2.05, 4.69) is 0 Å². The van der Waals surface area contributed by atoms with E-state index < -0.39 is 0 Å². The fourth-order valence-electron chi connectivity index (χ4n) is 0.696. The van der Waals surface area contributed by atoms with Crippen LogP contribution in [0.4, 0.5) is 0 Å². The van der Waals surface area contributed by atoms with E-state index in [0.717, 1.165) is 4.88 Å².